The Morgan fingerprint density at radius 3 is 2.66 bits per heavy atom. The first-order valence-electron chi connectivity index (χ1n) is 9.98. The minimum Gasteiger partial charge on any atom is -0.497 e. The fraction of sp³-hybridized carbons (Fsp3) is 0.348. The van der Waals surface area contributed by atoms with Crippen LogP contribution >= 0.6 is 0 Å². The van der Waals surface area contributed by atoms with Crippen molar-refractivity contribution in [3.8, 4) is 11.5 Å². The van der Waals surface area contributed by atoms with Crippen LogP contribution in [-0.4, -0.2) is 35.2 Å². The number of imidazole rings is 1. The lowest BCUT2D eigenvalue weighted by molar-refractivity contribution is 0.211. The number of rotatable bonds is 8. The summed E-state index contributed by atoms with van der Waals surface area (Å²) in [7, 11) is 3.35. The molecule has 0 saturated carbocycles. The van der Waals surface area contributed by atoms with Crippen LogP contribution in [0.2, 0.25) is 0 Å². The molecule has 1 aliphatic rings. The largest absolute Gasteiger partial charge is 0.497 e. The van der Waals surface area contributed by atoms with E-state index in [4.69, 9.17) is 9.47 Å². The number of nitrogens with zero attached hydrogens (tertiary/aromatic N) is 3. The van der Waals surface area contributed by atoms with Gasteiger partial charge >= 0.3 is 0 Å². The van der Waals surface area contributed by atoms with Gasteiger partial charge in [0.2, 0.25) is 0 Å². The lowest BCUT2D eigenvalue weighted by Gasteiger charge is -2.29. The summed E-state index contributed by atoms with van der Waals surface area (Å²) in [5.74, 6) is 2.72. The predicted octanol–water partition coefficient (Wildman–Crippen LogP) is 3.21. The number of hydrogen-bond acceptors (Lipinski definition) is 5. The van der Waals surface area contributed by atoms with Gasteiger partial charge in [-0.2, -0.15) is 0 Å². The first kappa shape index (κ1) is 19.5. The van der Waals surface area contributed by atoms with Crippen LogP contribution in [-0.2, 0) is 32.7 Å². The fourth-order valence-electron chi connectivity index (χ4n) is 3.83. The van der Waals surface area contributed by atoms with E-state index in [0.29, 0.717) is 0 Å². The third-order valence-electron chi connectivity index (χ3n) is 5.39. The van der Waals surface area contributed by atoms with Crippen LogP contribution in [0.3, 0.4) is 0 Å². The second-order valence-corrected chi connectivity index (χ2v) is 7.29. The van der Waals surface area contributed by atoms with Crippen LogP contribution in [0.5, 0.6) is 11.5 Å². The molecule has 4 rings (SSSR count). The molecule has 29 heavy (non-hydrogen) atoms. The molecule has 0 spiro atoms. The minimum absolute atomic E-state index is 0.718. The van der Waals surface area contributed by atoms with Gasteiger partial charge < -0.3 is 19.4 Å². The van der Waals surface area contributed by atoms with E-state index in [0.717, 1.165) is 62.2 Å². The van der Waals surface area contributed by atoms with Gasteiger partial charge in [-0.3, -0.25) is 4.90 Å². The standard InChI is InChI=1S/C23H28N4O2/c1-28-21-9-8-19(22(12-21)29-2)13-24-15-23-25-14-20-17-26(10-11-27(20)23)16-18-6-4-3-5-7-18/h3-9,12,14,24H,10-11,13,15-17H2,1-2H3. The van der Waals surface area contributed by atoms with Gasteiger partial charge in [0.1, 0.15) is 17.3 Å². The number of methoxy groups -OCH3 is 2. The smallest absolute Gasteiger partial charge is 0.127 e. The maximum Gasteiger partial charge on any atom is 0.127 e. The van der Waals surface area contributed by atoms with Gasteiger partial charge in [-0.1, -0.05) is 36.4 Å². The quantitative estimate of drug-likeness (QED) is 0.638. The van der Waals surface area contributed by atoms with E-state index in [1.807, 2.05) is 24.4 Å². The van der Waals surface area contributed by atoms with Crippen molar-refractivity contribution >= 4 is 0 Å². The number of hydrogen-bond donors (Lipinski definition) is 1. The number of aromatic nitrogens is 2. The third-order valence-corrected chi connectivity index (χ3v) is 5.39. The topological polar surface area (TPSA) is 51.5 Å². The molecular weight excluding hydrogens is 364 g/mol. The molecule has 1 aliphatic heterocycles. The Kier molecular flexibility index (Phi) is 6.12. The van der Waals surface area contributed by atoms with Crippen LogP contribution in [0.4, 0.5) is 0 Å². The highest BCUT2D eigenvalue weighted by Crippen LogP contribution is 2.24. The summed E-state index contributed by atoms with van der Waals surface area (Å²) in [4.78, 5) is 7.14. The molecule has 0 bridgehead atoms. The van der Waals surface area contributed by atoms with Crippen molar-refractivity contribution in [2.45, 2.75) is 32.7 Å². The van der Waals surface area contributed by atoms with Crippen LogP contribution in [0, 0.1) is 0 Å². The highest BCUT2D eigenvalue weighted by molar-refractivity contribution is 5.40. The zero-order chi connectivity index (χ0) is 20.1. The summed E-state index contributed by atoms with van der Waals surface area (Å²) in [5, 5.41) is 3.50. The van der Waals surface area contributed by atoms with Crippen molar-refractivity contribution in [1.82, 2.24) is 19.8 Å². The van der Waals surface area contributed by atoms with Gasteiger partial charge in [0.25, 0.3) is 0 Å². The minimum atomic E-state index is 0.718. The highest BCUT2D eigenvalue weighted by Gasteiger charge is 2.19. The Labute approximate surface area is 172 Å². The first-order chi connectivity index (χ1) is 14.3. The summed E-state index contributed by atoms with van der Waals surface area (Å²) in [5.41, 5.74) is 3.74. The fourth-order valence-corrected chi connectivity index (χ4v) is 3.83. The number of benzene rings is 2. The average Bonchev–Trinajstić information content (AvgIpc) is 3.17. The Hall–Kier alpha value is -2.83. The van der Waals surface area contributed by atoms with Crippen LogP contribution in [0.15, 0.2) is 54.7 Å². The van der Waals surface area contributed by atoms with E-state index in [1.165, 1.54) is 11.3 Å². The molecular formula is C23H28N4O2. The summed E-state index contributed by atoms with van der Waals surface area (Å²) >= 11 is 0. The molecule has 0 amide bonds. The van der Waals surface area contributed by atoms with Gasteiger partial charge in [-0.15, -0.1) is 0 Å². The van der Waals surface area contributed by atoms with Crippen LogP contribution < -0.4 is 14.8 Å². The lowest BCUT2D eigenvalue weighted by Crippen LogP contribution is -2.34. The lowest BCUT2D eigenvalue weighted by atomic mass is 10.2. The van der Waals surface area contributed by atoms with Crippen molar-refractivity contribution in [2.75, 3.05) is 20.8 Å². The van der Waals surface area contributed by atoms with Crippen LogP contribution in [0.25, 0.3) is 0 Å². The number of nitrogens with one attached hydrogen (secondary N) is 1. The van der Waals surface area contributed by atoms with Crippen LogP contribution in [0.1, 0.15) is 22.6 Å². The first-order valence-corrected chi connectivity index (χ1v) is 9.98. The maximum atomic E-state index is 5.48. The van der Waals surface area contributed by atoms with E-state index >= 15 is 0 Å². The van der Waals surface area contributed by atoms with Gasteiger partial charge in [-0.25, -0.2) is 4.98 Å². The molecule has 1 N–H and O–H groups in total. The van der Waals surface area contributed by atoms with Gasteiger partial charge in [0, 0.05) is 50.6 Å². The van der Waals surface area contributed by atoms with Crippen molar-refractivity contribution in [2.24, 2.45) is 0 Å². The van der Waals surface area contributed by atoms with Crippen molar-refractivity contribution < 1.29 is 9.47 Å². The Morgan fingerprint density at radius 1 is 1.00 bits per heavy atom. The molecule has 0 fully saturated rings. The second-order valence-electron chi connectivity index (χ2n) is 7.29. The van der Waals surface area contributed by atoms with Crippen molar-refractivity contribution in [3.63, 3.8) is 0 Å². The highest BCUT2D eigenvalue weighted by atomic mass is 16.5. The van der Waals surface area contributed by atoms with Gasteiger partial charge in [0.05, 0.1) is 26.5 Å². The molecule has 0 saturated heterocycles. The maximum absolute atomic E-state index is 5.48. The molecule has 0 aliphatic carbocycles. The Balaban J connectivity index is 1.34. The summed E-state index contributed by atoms with van der Waals surface area (Å²) in [6.07, 6.45) is 2.02. The normalized spacial score (nSPS) is 13.9. The summed E-state index contributed by atoms with van der Waals surface area (Å²) in [6.45, 7) is 5.39. The van der Waals surface area contributed by atoms with E-state index in [2.05, 4.69) is 50.1 Å². The summed E-state index contributed by atoms with van der Waals surface area (Å²) < 4.78 is 13.1. The molecule has 3 aromatic rings. The molecule has 0 unspecified atom stereocenters. The SMILES string of the molecule is COc1ccc(CNCc2ncc3n2CCN(Cc2ccccc2)C3)c(OC)c1. The summed E-state index contributed by atoms with van der Waals surface area (Å²) in [6, 6.07) is 16.6. The average molecular weight is 393 g/mol. The number of ether oxygens (including phenoxy) is 2. The van der Waals surface area contributed by atoms with Gasteiger partial charge in [0.15, 0.2) is 0 Å². The zero-order valence-corrected chi connectivity index (χ0v) is 17.1. The van der Waals surface area contributed by atoms with Crippen molar-refractivity contribution in [3.05, 3.63) is 77.4 Å². The molecule has 0 radical (unpaired) electrons. The molecule has 6 heteroatoms. The predicted molar refractivity (Wildman–Crippen MR) is 113 cm³/mol. The van der Waals surface area contributed by atoms with E-state index in [-0.39, 0.29) is 0 Å². The third kappa shape index (κ3) is 4.60. The molecule has 2 heterocycles. The second kappa shape index (κ2) is 9.11. The Morgan fingerprint density at radius 2 is 1.86 bits per heavy atom. The zero-order valence-electron chi connectivity index (χ0n) is 17.1. The van der Waals surface area contributed by atoms with E-state index in [9.17, 15) is 0 Å². The number of fused-ring (bicyclic) bond motifs is 1. The van der Waals surface area contributed by atoms with E-state index in [1.54, 1.807) is 14.2 Å². The molecule has 0 atom stereocenters. The molecule has 152 valence electrons. The monoisotopic (exact) mass is 392 g/mol. The molecule has 2 aromatic carbocycles. The van der Waals surface area contributed by atoms with E-state index < -0.39 is 0 Å². The molecule has 6 nitrogen and oxygen atoms in total. The van der Waals surface area contributed by atoms with Gasteiger partial charge in [-0.05, 0) is 11.6 Å². The Bertz CT molecular complexity index is 939. The van der Waals surface area contributed by atoms with Crippen molar-refractivity contribution in [1.29, 1.82) is 0 Å². The molecule has 1 aromatic heterocycles.